The normalized spacial score (nSPS) is 18.1. The van der Waals surface area contributed by atoms with Gasteiger partial charge in [-0.05, 0) is 55.5 Å². The van der Waals surface area contributed by atoms with Crippen molar-refractivity contribution in [3.8, 4) is 5.69 Å². The summed E-state index contributed by atoms with van der Waals surface area (Å²) in [4.78, 5) is 0. The van der Waals surface area contributed by atoms with E-state index in [1.807, 2.05) is 0 Å². The van der Waals surface area contributed by atoms with E-state index in [0.29, 0.717) is 6.61 Å². The van der Waals surface area contributed by atoms with E-state index < -0.39 is 0 Å². The minimum atomic E-state index is 0.195. The Morgan fingerprint density at radius 1 is 1.35 bits per heavy atom. The highest BCUT2D eigenvalue weighted by Gasteiger charge is 2.22. The van der Waals surface area contributed by atoms with Crippen LogP contribution in [0.25, 0.3) is 5.69 Å². The lowest BCUT2D eigenvalue weighted by atomic mass is 9.93. The molecule has 0 fully saturated rings. The summed E-state index contributed by atoms with van der Waals surface area (Å²) in [5.74, 6) is 0. The lowest BCUT2D eigenvalue weighted by Gasteiger charge is -2.21. The zero-order valence-corrected chi connectivity index (χ0v) is 12.2. The number of ether oxygens (including phenoxy) is 1. The van der Waals surface area contributed by atoms with Gasteiger partial charge < -0.3 is 15.0 Å². The highest BCUT2D eigenvalue weighted by molar-refractivity contribution is 5.45. The van der Waals surface area contributed by atoms with Crippen LogP contribution in [0, 0.1) is 6.92 Å². The van der Waals surface area contributed by atoms with Gasteiger partial charge in [0.25, 0.3) is 0 Å². The largest absolute Gasteiger partial charge is 0.380 e. The Balaban J connectivity index is 2.08. The van der Waals surface area contributed by atoms with Gasteiger partial charge in [0.15, 0.2) is 0 Å². The summed E-state index contributed by atoms with van der Waals surface area (Å²) in [5.41, 5.74) is 12.6. The standard InChI is InChI=1S/C17H22N2O/c1-12-9-15-16(18)7-4-8-17(15)19(12)14-6-3-5-13(10-14)11-20-2/h3,5-6,9-10,16H,4,7-8,11,18H2,1-2H3. The Morgan fingerprint density at radius 3 is 3.00 bits per heavy atom. The number of hydrogen-bond donors (Lipinski definition) is 1. The van der Waals surface area contributed by atoms with Crippen LogP contribution in [0.5, 0.6) is 0 Å². The van der Waals surface area contributed by atoms with Gasteiger partial charge >= 0.3 is 0 Å². The quantitative estimate of drug-likeness (QED) is 0.930. The highest BCUT2D eigenvalue weighted by atomic mass is 16.5. The van der Waals surface area contributed by atoms with Gasteiger partial charge in [0, 0.05) is 30.2 Å². The van der Waals surface area contributed by atoms with Gasteiger partial charge in [-0.2, -0.15) is 0 Å². The molecule has 1 aromatic heterocycles. The molecule has 1 heterocycles. The molecule has 1 aliphatic rings. The number of benzene rings is 1. The van der Waals surface area contributed by atoms with E-state index in [4.69, 9.17) is 10.5 Å². The Hall–Kier alpha value is -1.58. The predicted molar refractivity (Wildman–Crippen MR) is 81.1 cm³/mol. The van der Waals surface area contributed by atoms with E-state index in [9.17, 15) is 0 Å². The van der Waals surface area contributed by atoms with Gasteiger partial charge in [0.1, 0.15) is 0 Å². The number of aromatic nitrogens is 1. The number of nitrogens with two attached hydrogens (primary N) is 1. The number of aryl methyl sites for hydroxylation is 1. The lowest BCUT2D eigenvalue weighted by molar-refractivity contribution is 0.185. The first-order valence-corrected chi connectivity index (χ1v) is 7.25. The van der Waals surface area contributed by atoms with Gasteiger partial charge in [-0.3, -0.25) is 0 Å². The predicted octanol–water partition coefficient (Wildman–Crippen LogP) is 3.27. The van der Waals surface area contributed by atoms with Gasteiger partial charge in [-0.15, -0.1) is 0 Å². The van der Waals surface area contributed by atoms with E-state index in [2.05, 4.69) is 41.8 Å². The fourth-order valence-corrected chi connectivity index (χ4v) is 3.25. The fourth-order valence-electron chi connectivity index (χ4n) is 3.25. The average molecular weight is 270 g/mol. The summed E-state index contributed by atoms with van der Waals surface area (Å²) in [6.45, 7) is 2.81. The van der Waals surface area contributed by atoms with Crippen LogP contribution in [0.3, 0.4) is 0 Å². The molecule has 1 unspecified atom stereocenters. The van der Waals surface area contributed by atoms with Crippen molar-refractivity contribution < 1.29 is 4.74 Å². The van der Waals surface area contributed by atoms with Gasteiger partial charge in [0.05, 0.1) is 6.61 Å². The van der Waals surface area contributed by atoms with Gasteiger partial charge in [0.2, 0.25) is 0 Å². The first-order chi connectivity index (χ1) is 9.70. The molecule has 2 N–H and O–H groups in total. The van der Waals surface area contributed by atoms with Crippen LogP contribution < -0.4 is 5.73 Å². The molecule has 0 radical (unpaired) electrons. The third kappa shape index (κ3) is 2.28. The zero-order valence-electron chi connectivity index (χ0n) is 12.2. The molecule has 3 heteroatoms. The second-order valence-electron chi connectivity index (χ2n) is 5.62. The Morgan fingerprint density at radius 2 is 2.20 bits per heavy atom. The molecule has 20 heavy (non-hydrogen) atoms. The number of nitrogens with zero attached hydrogens (tertiary/aromatic N) is 1. The molecule has 0 saturated heterocycles. The molecule has 0 aliphatic heterocycles. The van der Waals surface area contributed by atoms with Crippen LogP contribution in [0.1, 0.15) is 41.4 Å². The first kappa shape index (κ1) is 13.4. The molecular formula is C17H22N2O. The van der Waals surface area contributed by atoms with E-state index in [-0.39, 0.29) is 6.04 Å². The minimum Gasteiger partial charge on any atom is -0.380 e. The van der Waals surface area contributed by atoms with E-state index in [1.54, 1.807) is 7.11 Å². The molecule has 0 spiro atoms. The summed E-state index contributed by atoms with van der Waals surface area (Å²) in [6, 6.07) is 11.0. The molecule has 0 bridgehead atoms. The first-order valence-electron chi connectivity index (χ1n) is 7.25. The minimum absolute atomic E-state index is 0.195. The number of hydrogen-bond acceptors (Lipinski definition) is 2. The van der Waals surface area contributed by atoms with Crippen molar-refractivity contribution in [1.29, 1.82) is 0 Å². The summed E-state index contributed by atoms with van der Waals surface area (Å²) in [6.07, 6.45) is 3.39. The summed E-state index contributed by atoms with van der Waals surface area (Å²) < 4.78 is 7.59. The van der Waals surface area contributed by atoms with Crippen LogP contribution in [-0.4, -0.2) is 11.7 Å². The van der Waals surface area contributed by atoms with Crippen molar-refractivity contribution in [2.24, 2.45) is 5.73 Å². The van der Waals surface area contributed by atoms with E-state index in [1.165, 1.54) is 34.6 Å². The molecule has 106 valence electrons. The lowest BCUT2D eigenvalue weighted by Crippen LogP contribution is -2.18. The molecule has 1 aliphatic carbocycles. The number of methoxy groups -OCH3 is 1. The molecular weight excluding hydrogens is 248 g/mol. The van der Waals surface area contributed by atoms with Crippen molar-refractivity contribution in [3.05, 3.63) is 52.8 Å². The molecule has 2 aromatic rings. The Labute approximate surface area is 120 Å². The van der Waals surface area contributed by atoms with E-state index in [0.717, 1.165) is 12.8 Å². The number of fused-ring (bicyclic) bond motifs is 1. The van der Waals surface area contributed by atoms with Gasteiger partial charge in [-0.25, -0.2) is 0 Å². The van der Waals surface area contributed by atoms with Crippen LogP contribution in [0.15, 0.2) is 30.3 Å². The molecule has 0 saturated carbocycles. The van der Waals surface area contributed by atoms with Crippen LogP contribution >= 0.6 is 0 Å². The monoisotopic (exact) mass is 270 g/mol. The maximum Gasteiger partial charge on any atom is 0.0713 e. The zero-order chi connectivity index (χ0) is 14.1. The summed E-state index contributed by atoms with van der Waals surface area (Å²) in [5, 5.41) is 0. The average Bonchev–Trinajstić information content (AvgIpc) is 2.77. The second-order valence-corrected chi connectivity index (χ2v) is 5.62. The molecule has 1 aromatic carbocycles. The summed E-state index contributed by atoms with van der Waals surface area (Å²) in [7, 11) is 1.73. The second kappa shape index (κ2) is 5.43. The topological polar surface area (TPSA) is 40.2 Å². The smallest absolute Gasteiger partial charge is 0.0713 e. The molecule has 3 rings (SSSR count). The van der Waals surface area contributed by atoms with Crippen LogP contribution in [0.2, 0.25) is 0 Å². The molecule has 3 nitrogen and oxygen atoms in total. The molecule has 0 amide bonds. The maximum absolute atomic E-state index is 6.25. The van der Waals surface area contributed by atoms with Crippen molar-refractivity contribution in [1.82, 2.24) is 4.57 Å². The Bertz CT molecular complexity index is 615. The molecule has 1 atom stereocenters. The third-order valence-corrected chi connectivity index (χ3v) is 4.13. The summed E-state index contributed by atoms with van der Waals surface area (Å²) >= 11 is 0. The highest BCUT2D eigenvalue weighted by Crippen LogP contribution is 2.32. The van der Waals surface area contributed by atoms with Crippen LogP contribution in [-0.2, 0) is 17.8 Å². The van der Waals surface area contributed by atoms with Crippen molar-refractivity contribution in [2.45, 2.75) is 38.8 Å². The van der Waals surface area contributed by atoms with Crippen molar-refractivity contribution in [3.63, 3.8) is 0 Å². The van der Waals surface area contributed by atoms with Crippen molar-refractivity contribution in [2.75, 3.05) is 7.11 Å². The van der Waals surface area contributed by atoms with Crippen LogP contribution in [0.4, 0.5) is 0 Å². The van der Waals surface area contributed by atoms with Gasteiger partial charge in [-0.1, -0.05) is 12.1 Å². The van der Waals surface area contributed by atoms with Crippen molar-refractivity contribution >= 4 is 0 Å². The third-order valence-electron chi connectivity index (χ3n) is 4.13. The van der Waals surface area contributed by atoms with E-state index >= 15 is 0 Å². The maximum atomic E-state index is 6.25. The Kier molecular flexibility index (Phi) is 3.64. The fraction of sp³-hybridized carbons (Fsp3) is 0.412. The SMILES string of the molecule is COCc1cccc(-n2c(C)cc3c2CCCC3N)c1. The number of rotatable bonds is 3.